The number of nitrogen functional groups attached to an aromatic ring is 1. The second-order valence-electron chi connectivity index (χ2n) is 9.53. The maximum Gasteiger partial charge on any atom is 0.253 e. The molecule has 2 bridgehead atoms. The van der Waals surface area contributed by atoms with Crippen LogP contribution in [-0.2, 0) is 6.54 Å². The zero-order chi connectivity index (χ0) is 24.4. The Balaban J connectivity index is 1.20. The van der Waals surface area contributed by atoms with Crippen LogP contribution in [0.5, 0.6) is 0 Å². The second kappa shape index (κ2) is 9.78. The highest BCUT2D eigenvalue weighted by Gasteiger charge is 2.41. The van der Waals surface area contributed by atoms with Crippen LogP contribution in [0.15, 0.2) is 66.9 Å². The molecule has 4 N–H and O–H groups in total. The minimum absolute atomic E-state index is 0.0587. The average Bonchev–Trinajstić information content (AvgIpc) is 3.14. The first kappa shape index (κ1) is 22.9. The quantitative estimate of drug-likeness (QED) is 0.477. The van der Waals surface area contributed by atoms with Crippen molar-refractivity contribution in [3.8, 4) is 0 Å². The Morgan fingerprint density at radius 1 is 0.971 bits per heavy atom. The summed E-state index contributed by atoms with van der Waals surface area (Å²) in [5.74, 6) is 0.708. The highest BCUT2D eigenvalue weighted by atomic mass is 16.2. The summed E-state index contributed by atoms with van der Waals surface area (Å²) in [6, 6.07) is 19.9. The van der Waals surface area contributed by atoms with Crippen molar-refractivity contribution in [3.05, 3.63) is 89.1 Å². The standard InChI is InChI=1S/C28H31N5O2/c1-18-24(8-5-9-25(18)29)28(35)32-21-14-22-11-12-23(15-21)33(22)26-13-10-20(17-30-26)27(34)31-16-19-6-3-2-4-7-19/h2-10,13,17,21-23H,11-12,14-16,29H2,1H3,(H,31,34)(H,32,35). The van der Waals surface area contributed by atoms with Crippen LogP contribution < -0.4 is 21.3 Å². The predicted molar refractivity (Wildman–Crippen MR) is 137 cm³/mol. The number of hydrogen-bond donors (Lipinski definition) is 3. The zero-order valence-corrected chi connectivity index (χ0v) is 19.9. The molecule has 35 heavy (non-hydrogen) atoms. The molecule has 180 valence electrons. The first-order valence-electron chi connectivity index (χ1n) is 12.2. The molecule has 2 aliphatic heterocycles. The van der Waals surface area contributed by atoms with Gasteiger partial charge in [-0.05, 0) is 68.0 Å². The molecule has 2 unspecified atom stereocenters. The number of pyridine rings is 1. The molecule has 2 aliphatic rings. The van der Waals surface area contributed by atoms with Gasteiger partial charge in [-0.2, -0.15) is 0 Å². The van der Waals surface area contributed by atoms with Gasteiger partial charge in [0, 0.05) is 42.1 Å². The fourth-order valence-corrected chi connectivity index (χ4v) is 5.38. The van der Waals surface area contributed by atoms with Gasteiger partial charge in [0.15, 0.2) is 0 Å². The summed E-state index contributed by atoms with van der Waals surface area (Å²) in [4.78, 5) is 32.4. The minimum Gasteiger partial charge on any atom is -0.398 e. The number of fused-ring (bicyclic) bond motifs is 2. The summed E-state index contributed by atoms with van der Waals surface area (Å²) in [6.45, 7) is 2.37. The molecule has 2 aromatic carbocycles. The van der Waals surface area contributed by atoms with Gasteiger partial charge in [0.25, 0.3) is 11.8 Å². The van der Waals surface area contributed by atoms with Crippen molar-refractivity contribution in [2.24, 2.45) is 0 Å². The molecule has 0 spiro atoms. The van der Waals surface area contributed by atoms with E-state index in [0.717, 1.165) is 42.6 Å². The Morgan fingerprint density at radius 2 is 1.71 bits per heavy atom. The van der Waals surface area contributed by atoms with Crippen LogP contribution in [0.1, 0.15) is 57.5 Å². The average molecular weight is 470 g/mol. The van der Waals surface area contributed by atoms with E-state index in [-0.39, 0.29) is 17.9 Å². The van der Waals surface area contributed by atoms with Crippen LogP contribution >= 0.6 is 0 Å². The largest absolute Gasteiger partial charge is 0.398 e. The number of nitrogens with one attached hydrogen (secondary N) is 2. The van der Waals surface area contributed by atoms with Gasteiger partial charge in [0.05, 0.1) is 5.56 Å². The molecule has 2 fully saturated rings. The smallest absolute Gasteiger partial charge is 0.253 e. The van der Waals surface area contributed by atoms with Crippen molar-refractivity contribution in [2.75, 3.05) is 10.6 Å². The molecule has 0 radical (unpaired) electrons. The number of benzene rings is 2. The summed E-state index contributed by atoms with van der Waals surface area (Å²) >= 11 is 0. The topological polar surface area (TPSA) is 100 Å². The molecule has 2 amide bonds. The van der Waals surface area contributed by atoms with E-state index in [0.29, 0.717) is 35.4 Å². The molecular formula is C28H31N5O2. The van der Waals surface area contributed by atoms with Gasteiger partial charge >= 0.3 is 0 Å². The van der Waals surface area contributed by atoms with Crippen molar-refractivity contribution < 1.29 is 9.59 Å². The van der Waals surface area contributed by atoms with E-state index in [9.17, 15) is 9.59 Å². The van der Waals surface area contributed by atoms with Crippen LogP contribution in [0, 0.1) is 6.92 Å². The van der Waals surface area contributed by atoms with E-state index in [4.69, 9.17) is 5.73 Å². The molecule has 7 heteroatoms. The fourth-order valence-electron chi connectivity index (χ4n) is 5.38. The summed E-state index contributed by atoms with van der Waals surface area (Å²) in [6.07, 6.45) is 5.57. The molecular weight excluding hydrogens is 438 g/mol. The SMILES string of the molecule is Cc1c(N)cccc1C(=O)NC1CC2CCC(C1)N2c1ccc(C(=O)NCc2ccccc2)cn1. The third kappa shape index (κ3) is 4.85. The molecule has 1 aromatic heterocycles. The van der Waals surface area contributed by atoms with E-state index >= 15 is 0 Å². The van der Waals surface area contributed by atoms with Gasteiger partial charge in [-0.1, -0.05) is 36.4 Å². The van der Waals surface area contributed by atoms with E-state index in [1.165, 1.54) is 0 Å². The minimum atomic E-state index is -0.130. The van der Waals surface area contributed by atoms with Gasteiger partial charge in [-0.15, -0.1) is 0 Å². The molecule has 7 nitrogen and oxygen atoms in total. The summed E-state index contributed by atoms with van der Waals surface area (Å²) in [7, 11) is 0. The van der Waals surface area contributed by atoms with Crippen molar-refractivity contribution in [2.45, 2.75) is 57.3 Å². The highest BCUT2D eigenvalue weighted by Crippen LogP contribution is 2.38. The van der Waals surface area contributed by atoms with Gasteiger partial charge in [-0.3, -0.25) is 9.59 Å². The molecule has 0 aliphatic carbocycles. The number of anilines is 2. The molecule has 2 saturated heterocycles. The molecule has 2 atom stereocenters. The van der Waals surface area contributed by atoms with Gasteiger partial charge in [-0.25, -0.2) is 4.98 Å². The highest BCUT2D eigenvalue weighted by molar-refractivity contribution is 5.97. The van der Waals surface area contributed by atoms with Crippen LogP contribution in [0.3, 0.4) is 0 Å². The van der Waals surface area contributed by atoms with Crippen molar-refractivity contribution in [3.63, 3.8) is 0 Å². The summed E-state index contributed by atoms with van der Waals surface area (Å²) < 4.78 is 0. The first-order chi connectivity index (χ1) is 17.0. The van der Waals surface area contributed by atoms with Crippen molar-refractivity contribution >= 4 is 23.3 Å². The number of piperidine rings is 1. The van der Waals surface area contributed by atoms with Crippen LogP contribution in [0.4, 0.5) is 11.5 Å². The maximum atomic E-state index is 12.9. The number of carbonyl (C=O) groups excluding carboxylic acids is 2. The predicted octanol–water partition coefficient (Wildman–Crippen LogP) is 3.83. The third-order valence-electron chi connectivity index (χ3n) is 7.26. The van der Waals surface area contributed by atoms with Crippen LogP contribution in [-0.4, -0.2) is 34.9 Å². The van der Waals surface area contributed by atoms with E-state index in [1.807, 2.05) is 67.6 Å². The number of rotatable bonds is 6. The number of nitrogens with two attached hydrogens (primary N) is 1. The van der Waals surface area contributed by atoms with Crippen molar-refractivity contribution in [1.29, 1.82) is 0 Å². The Labute approximate surface area is 205 Å². The molecule has 3 heterocycles. The van der Waals surface area contributed by atoms with Gasteiger partial charge in [0.1, 0.15) is 5.82 Å². The zero-order valence-electron chi connectivity index (χ0n) is 19.9. The third-order valence-corrected chi connectivity index (χ3v) is 7.26. The molecule has 5 rings (SSSR count). The first-order valence-corrected chi connectivity index (χ1v) is 12.2. The van der Waals surface area contributed by atoms with E-state index in [2.05, 4.69) is 20.5 Å². The Kier molecular flexibility index (Phi) is 6.40. The lowest BCUT2D eigenvalue weighted by Crippen LogP contribution is -2.50. The fraction of sp³-hybridized carbons (Fsp3) is 0.321. The summed E-state index contributed by atoms with van der Waals surface area (Å²) in [5, 5.41) is 6.18. The Morgan fingerprint density at radius 3 is 2.40 bits per heavy atom. The van der Waals surface area contributed by atoms with E-state index < -0.39 is 0 Å². The number of aromatic nitrogens is 1. The van der Waals surface area contributed by atoms with Gasteiger partial charge in [0.2, 0.25) is 0 Å². The van der Waals surface area contributed by atoms with E-state index in [1.54, 1.807) is 6.20 Å². The van der Waals surface area contributed by atoms with Gasteiger partial charge < -0.3 is 21.3 Å². The van der Waals surface area contributed by atoms with Crippen LogP contribution in [0.25, 0.3) is 0 Å². The lowest BCUT2D eigenvalue weighted by atomic mass is 9.96. The number of hydrogen-bond acceptors (Lipinski definition) is 5. The Hall–Kier alpha value is -3.87. The lowest BCUT2D eigenvalue weighted by Gasteiger charge is -2.40. The van der Waals surface area contributed by atoms with Crippen molar-refractivity contribution in [1.82, 2.24) is 15.6 Å². The number of carbonyl (C=O) groups is 2. The number of amides is 2. The molecule has 3 aromatic rings. The second-order valence-corrected chi connectivity index (χ2v) is 9.53. The number of nitrogens with zero attached hydrogens (tertiary/aromatic N) is 2. The van der Waals surface area contributed by atoms with Crippen LogP contribution in [0.2, 0.25) is 0 Å². The monoisotopic (exact) mass is 469 g/mol. The maximum absolute atomic E-state index is 12.9. The normalized spacial score (nSPS) is 20.9. The summed E-state index contributed by atoms with van der Waals surface area (Å²) in [5.41, 5.74) is 9.69. The molecule has 0 saturated carbocycles. The Bertz CT molecular complexity index is 1200. The lowest BCUT2D eigenvalue weighted by molar-refractivity contribution is 0.0924.